The number of carbonyl (C=O) groups excluding carboxylic acids is 1. The summed E-state index contributed by atoms with van der Waals surface area (Å²) in [6, 6.07) is 9.99. The molecule has 1 amide bonds. The molecule has 0 radical (unpaired) electrons. The first kappa shape index (κ1) is 19.8. The number of benzene rings is 1. The maximum absolute atomic E-state index is 13.0. The van der Waals surface area contributed by atoms with E-state index in [1.54, 1.807) is 29.0 Å². The van der Waals surface area contributed by atoms with Crippen molar-refractivity contribution in [1.29, 1.82) is 0 Å². The Bertz CT molecular complexity index is 1360. The number of likely N-dealkylation sites (N-methyl/N-ethyl adjacent to an activating group) is 1. The van der Waals surface area contributed by atoms with Gasteiger partial charge in [0.25, 0.3) is 5.95 Å². The van der Waals surface area contributed by atoms with E-state index in [0.717, 1.165) is 47.2 Å². The average molecular weight is 441 g/mol. The summed E-state index contributed by atoms with van der Waals surface area (Å²) in [7, 11) is 1.80. The Hall–Kier alpha value is -3.88. The van der Waals surface area contributed by atoms with Crippen molar-refractivity contribution in [1.82, 2.24) is 29.7 Å². The highest BCUT2D eigenvalue weighted by atomic mass is 16.2. The van der Waals surface area contributed by atoms with Crippen molar-refractivity contribution in [2.75, 3.05) is 16.8 Å². The van der Waals surface area contributed by atoms with Crippen LogP contribution in [-0.4, -0.2) is 54.8 Å². The van der Waals surface area contributed by atoms with Gasteiger partial charge in [-0.15, -0.1) is 0 Å². The van der Waals surface area contributed by atoms with Crippen molar-refractivity contribution in [3.05, 3.63) is 49.1 Å². The van der Waals surface area contributed by atoms with E-state index in [9.17, 15) is 4.79 Å². The second kappa shape index (κ2) is 7.61. The van der Waals surface area contributed by atoms with Gasteiger partial charge >= 0.3 is 0 Å². The van der Waals surface area contributed by atoms with Crippen LogP contribution in [-0.2, 0) is 4.79 Å². The zero-order valence-corrected chi connectivity index (χ0v) is 18.6. The molecule has 1 fully saturated rings. The third kappa shape index (κ3) is 2.99. The topological polar surface area (TPSA) is 92.9 Å². The van der Waals surface area contributed by atoms with Gasteiger partial charge in [-0.25, -0.2) is 9.97 Å². The monoisotopic (exact) mass is 440 g/mol. The van der Waals surface area contributed by atoms with Crippen LogP contribution in [0.3, 0.4) is 0 Å². The largest absolute Gasteiger partial charge is 0.340 e. The van der Waals surface area contributed by atoms with Gasteiger partial charge in [-0.3, -0.25) is 9.78 Å². The molecule has 0 bridgehead atoms. The fraction of sp³-hybridized carbons (Fsp3) is 0.333. The first-order valence-electron chi connectivity index (χ1n) is 11.3. The Morgan fingerprint density at radius 3 is 2.76 bits per heavy atom. The van der Waals surface area contributed by atoms with Crippen molar-refractivity contribution >= 4 is 28.3 Å². The molecule has 0 N–H and O–H groups in total. The molecule has 166 valence electrons. The number of aromatic nitrogens is 6. The number of fused-ring (bicyclic) bond motifs is 2. The fourth-order valence-electron chi connectivity index (χ4n) is 4.83. The number of hydrogen-bond donors (Lipinski definition) is 0. The molecular weight excluding hydrogens is 416 g/mol. The number of carbonyl (C=O) groups is 1. The second-order valence-corrected chi connectivity index (χ2v) is 8.56. The maximum atomic E-state index is 13.0. The quantitative estimate of drug-likeness (QED) is 0.480. The molecule has 33 heavy (non-hydrogen) atoms. The summed E-state index contributed by atoms with van der Waals surface area (Å²) in [6.07, 6.45) is 9.08. The summed E-state index contributed by atoms with van der Waals surface area (Å²) in [5.41, 5.74) is 2.53. The van der Waals surface area contributed by atoms with Crippen LogP contribution in [0.2, 0.25) is 0 Å². The van der Waals surface area contributed by atoms with Crippen LogP contribution >= 0.6 is 0 Å². The molecule has 1 aromatic carbocycles. The van der Waals surface area contributed by atoms with Gasteiger partial charge in [0.05, 0.1) is 11.7 Å². The normalized spacial score (nSPS) is 18.5. The minimum atomic E-state index is -0.213. The molecule has 4 aromatic rings. The first-order valence-corrected chi connectivity index (χ1v) is 11.3. The van der Waals surface area contributed by atoms with Gasteiger partial charge in [0.2, 0.25) is 5.91 Å². The third-order valence-electron chi connectivity index (χ3n) is 6.77. The predicted octanol–water partition coefficient (Wildman–Crippen LogP) is 3.39. The van der Waals surface area contributed by atoms with Crippen molar-refractivity contribution in [2.24, 2.45) is 0 Å². The van der Waals surface area contributed by atoms with Gasteiger partial charge in [-0.05, 0) is 37.8 Å². The lowest BCUT2D eigenvalue weighted by molar-refractivity contribution is -0.120. The van der Waals surface area contributed by atoms with E-state index in [2.05, 4.69) is 31.9 Å². The summed E-state index contributed by atoms with van der Waals surface area (Å²) in [5.74, 6) is 1.97. The second-order valence-electron chi connectivity index (χ2n) is 8.56. The van der Waals surface area contributed by atoms with Crippen molar-refractivity contribution in [2.45, 2.75) is 44.7 Å². The first-order chi connectivity index (χ1) is 16.2. The van der Waals surface area contributed by atoms with E-state index in [1.165, 1.54) is 12.7 Å². The molecule has 0 spiro atoms. The number of hydrogen-bond acceptors (Lipinski definition) is 7. The summed E-state index contributed by atoms with van der Waals surface area (Å²) < 4.78 is 1.67. The molecule has 0 saturated heterocycles. The zero-order chi connectivity index (χ0) is 22.5. The van der Waals surface area contributed by atoms with Gasteiger partial charge in [0.1, 0.15) is 18.1 Å². The lowest BCUT2D eigenvalue weighted by Crippen LogP contribution is -2.57. The molecular formula is C24H24N8O. The SMILES string of the molecule is CC[C@@H]1C(=O)N(C)c2cnc(-n3ncnc3-c3cccc4ncccc34)nc2N1C1CCC1. The van der Waals surface area contributed by atoms with Crippen LogP contribution in [0.1, 0.15) is 32.6 Å². The molecule has 1 aliphatic heterocycles. The number of amides is 1. The highest BCUT2D eigenvalue weighted by molar-refractivity contribution is 6.04. The van der Waals surface area contributed by atoms with E-state index in [1.807, 2.05) is 30.3 Å². The molecule has 3 aromatic heterocycles. The Kier molecular flexibility index (Phi) is 4.56. The van der Waals surface area contributed by atoms with E-state index < -0.39 is 0 Å². The molecule has 1 atom stereocenters. The van der Waals surface area contributed by atoms with Crippen molar-refractivity contribution in [3.8, 4) is 17.3 Å². The lowest BCUT2D eigenvalue weighted by Gasteiger charge is -2.47. The van der Waals surface area contributed by atoms with E-state index in [4.69, 9.17) is 4.98 Å². The van der Waals surface area contributed by atoms with Crippen molar-refractivity contribution < 1.29 is 4.79 Å². The van der Waals surface area contributed by atoms with E-state index in [0.29, 0.717) is 17.8 Å². The average Bonchev–Trinajstić information content (AvgIpc) is 3.30. The molecule has 9 heteroatoms. The smallest absolute Gasteiger partial charge is 0.254 e. The van der Waals surface area contributed by atoms with Gasteiger partial charge in [0, 0.05) is 30.2 Å². The molecule has 1 saturated carbocycles. The molecule has 0 unspecified atom stereocenters. The Labute approximate surface area is 191 Å². The van der Waals surface area contributed by atoms with Crippen LogP contribution in [0.15, 0.2) is 49.1 Å². The molecule has 2 aliphatic rings. The number of nitrogens with zero attached hydrogens (tertiary/aromatic N) is 8. The van der Waals surface area contributed by atoms with Crippen molar-refractivity contribution in [3.63, 3.8) is 0 Å². The number of anilines is 2. The van der Waals surface area contributed by atoms with E-state index >= 15 is 0 Å². The number of pyridine rings is 1. The Morgan fingerprint density at radius 1 is 1.09 bits per heavy atom. The molecule has 6 rings (SSSR count). The zero-order valence-electron chi connectivity index (χ0n) is 18.6. The molecule has 4 heterocycles. The highest BCUT2D eigenvalue weighted by Gasteiger charge is 2.42. The number of rotatable bonds is 4. The third-order valence-corrected chi connectivity index (χ3v) is 6.77. The Morgan fingerprint density at radius 2 is 1.97 bits per heavy atom. The molecule has 1 aliphatic carbocycles. The van der Waals surface area contributed by atoms with Crippen LogP contribution < -0.4 is 9.80 Å². The maximum Gasteiger partial charge on any atom is 0.254 e. The minimum Gasteiger partial charge on any atom is -0.340 e. The van der Waals surface area contributed by atoms with Crippen LogP contribution in [0.4, 0.5) is 11.5 Å². The summed E-state index contributed by atoms with van der Waals surface area (Å²) in [4.78, 5) is 35.5. The van der Waals surface area contributed by atoms with Crippen LogP contribution in [0.25, 0.3) is 28.2 Å². The van der Waals surface area contributed by atoms with Gasteiger partial charge in [-0.1, -0.05) is 25.1 Å². The van der Waals surface area contributed by atoms with Crippen LogP contribution in [0.5, 0.6) is 0 Å². The van der Waals surface area contributed by atoms with Gasteiger partial charge < -0.3 is 9.80 Å². The van der Waals surface area contributed by atoms with Gasteiger partial charge in [-0.2, -0.15) is 14.8 Å². The van der Waals surface area contributed by atoms with Crippen LogP contribution in [0, 0.1) is 0 Å². The summed E-state index contributed by atoms with van der Waals surface area (Å²) in [6.45, 7) is 2.05. The fourth-order valence-corrected chi connectivity index (χ4v) is 4.83. The molecule has 9 nitrogen and oxygen atoms in total. The summed E-state index contributed by atoms with van der Waals surface area (Å²) in [5, 5.41) is 5.44. The van der Waals surface area contributed by atoms with Gasteiger partial charge in [0.15, 0.2) is 11.6 Å². The lowest BCUT2D eigenvalue weighted by atomic mass is 9.88. The standard InChI is InChI=1S/C24H24N8O/c1-3-19-23(33)30(2)20-13-26-24(29-22(20)31(19)15-7-4-8-15)32-21(27-14-28-32)17-9-5-11-18-16(17)10-6-12-25-18/h5-6,9-15,19H,3-4,7-8H2,1-2H3/t19-/m1/s1. The summed E-state index contributed by atoms with van der Waals surface area (Å²) >= 11 is 0. The predicted molar refractivity (Wildman–Crippen MR) is 125 cm³/mol. The minimum absolute atomic E-state index is 0.0953. The Balaban J connectivity index is 1.50. The highest BCUT2D eigenvalue weighted by Crippen LogP contribution is 2.40. The van der Waals surface area contributed by atoms with E-state index in [-0.39, 0.29) is 11.9 Å².